The molecule has 0 unspecified atom stereocenters. The number of carbonyl (C=O) groups is 2. The SMILES string of the molecule is O=C1CC[C@@H](C(=O)N2CCOCC2)CN1Cc1ccc(Cl)cc1. The Morgan fingerprint density at radius 3 is 2.61 bits per heavy atom. The lowest BCUT2D eigenvalue weighted by atomic mass is 9.95. The van der Waals surface area contributed by atoms with E-state index < -0.39 is 0 Å². The summed E-state index contributed by atoms with van der Waals surface area (Å²) in [6, 6.07) is 7.48. The molecule has 0 radical (unpaired) electrons. The van der Waals surface area contributed by atoms with Gasteiger partial charge in [-0.3, -0.25) is 9.59 Å². The normalized spacial score (nSPS) is 22.3. The maximum Gasteiger partial charge on any atom is 0.227 e. The highest BCUT2D eigenvalue weighted by atomic mass is 35.5. The molecule has 0 spiro atoms. The van der Waals surface area contributed by atoms with Crippen LogP contribution >= 0.6 is 11.6 Å². The van der Waals surface area contributed by atoms with Crippen molar-refractivity contribution in [3.8, 4) is 0 Å². The minimum Gasteiger partial charge on any atom is -0.378 e. The van der Waals surface area contributed by atoms with Gasteiger partial charge in [-0.25, -0.2) is 0 Å². The van der Waals surface area contributed by atoms with Gasteiger partial charge in [0.25, 0.3) is 0 Å². The van der Waals surface area contributed by atoms with E-state index in [4.69, 9.17) is 16.3 Å². The maximum absolute atomic E-state index is 12.6. The molecule has 2 amide bonds. The number of ether oxygens (including phenoxy) is 1. The van der Waals surface area contributed by atoms with Gasteiger partial charge in [-0.15, -0.1) is 0 Å². The number of piperidine rings is 1. The lowest BCUT2D eigenvalue weighted by Gasteiger charge is -2.36. The summed E-state index contributed by atoms with van der Waals surface area (Å²) in [6.07, 6.45) is 1.08. The van der Waals surface area contributed by atoms with Crippen molar-refractivity contribution < 1.29 is 14.3 Å². The highest BCUT2D eigenvalue weighted by Gasteiger charge is 2.33. The molecule has 2 fully saturated rings. The quantitative estimate of drug-likeness (QED) is 0.847. The molecule has 0 aromatic heterocycles. The molecule has 124 valence electrons. The van der Waals surface area contributed by atoms with Gasteiger partial charge in [0.1, 0.15) is 0 Å². The number of carbonyl (C=O) groups excluding carboxylic acids is 2. The Hall–Kier alpha value is -1.59. The fraction of sp³-hybridized carbons (Fsp3) is 0.529. The summed E-state index contributed by atoms with van der Waals surface area (Å²) in [7, 11) is 0. The minimum absolute atomic E-state index is 0.0990. The third kappa shape index (κ3) is 4.03. The Balaban J connectivity index is 1.63. The van der Waals surface area contributed by atoms with Gasteiger partial charge in [0.15, 0.2) is 0 Å². The van der Waals surface area contributed by atoms with Crippen LogP contribution in [-0.2, 0) is 20.9 Å². The topological polar surface area (TPSA) is 49.9 Å². The van der Waals surface area contributed by atoms with Gasteiger partial charge in [-0.2, -0.15) is 0 Å². The van der Waals surface area contributed by atoms with E-state index in [1.165, 1.54) is 0 Å². The highest BCUT2D eigenvalue weighted by Crippen LogP contribution is 2.22. The Morgan fingerprint density at radius 1 is 1.22 bits per heavy atom. The van der Waals surface area contributed by atoms with Gasteiger partial charge in [-0.1, -0.05) is 23.7 Å². The molecule has 2 aliphatic rings. The van der Waals surface area contributed by atoms with Crippen molar-refractivity contribution in [3.63, 3.8) is 0 Å². The molecule has 0 saturated carbocycles. The van der Waals surface area contributed by atoms with Crippen LogP contribution in [0.1, 0.15) is 18.4 Å². The molecule has 3 rings (SSSR count). The fourth-order valence-electron chi connectivity index (χ4n) is 3.12. The average Bonchev–Trinajstić information content (AvgIpc) is 2.59. The molecule has 2 saturated heterocycles. The van der Waals surface area contributed by atoms with Crippen molar-refractivity contribution >= 4 is 23.4 Å². The zero-order chi connectivity index (χ0) is 16.2. The number of halogens is 1. The van der Waals surface area contributed by atoms with Gasteiger partial charge in [0, 0.05) is 37.6 Å². The van der Waals surface area contributed by atoms with Crippen molar-refractivity contribution in [1.29, 1.82) is 0 Å². The van der Waals surface area contributed by atoms with Gasteiger partial charge in [0.2, 0.25) is 11.8 Å². The van der Waals surface area contributed by atoms with Gasteiger partial charge in [-0.05, 0) is 24.1 Å². The first-order chi connectivity index (χ1) is 11.1. The third-order valence-electron chi connectivity index (χ3n) is 4.46. The van der Waals surface area contributed by atoms with E-state index in [9.17, 15) is 9.59 Å². The summed E-state index contributed by atoms with van der Waals surface area (Å²) in [5, 5.41) is 0.680. The number of amides is 2. The molecule has 1 aromatic rings. The van der Waals surface area contributed by atoms with E-state index in [1.54, 1.807) is 4.90 Å². The summed E-state index contributed by atoms with van der Waals surface area (Å²) in [5.74, 6) is 0.172. The number of likely N-dealkylation sites (tertiary alicyclic amines) is 1. The molecule has 1 aromatic carbocycles. The van der Waals surface area contributed by atoms with Crippen LogP contribution in [0.15, 0.2) is 24.3 Å². The molecular formula is C17H21ClN2O3. The molecule has 1 atom stereocenters. The van der Waals surface area contributed by atoms with E-state index in [0.29, 0.717) is 57.3 Å². The van der Waals surface area contributed by atoms with Crippen LogP contribution < -0.4 is 0 Å². The molecule has 0 bridgehead atoms. The smallest absolute Gasteiger partial charge is 0.227 e. The predicted molar refractivity (Wildman–Crippen MR) is 87.0 cm³/mol. The lowest BCUT2D eigenvalue weighted by Crippen LogP contribution is -2.49. The standard InChI is InChI=1S/C17H21ClN2O3/c18-15-4-1-13(2-5-15)11-20-12-14(3-6-16(20)21)17(22)19-7-9-23-10-8-19/h1-2,4-5,14H,3,6-12H2/t14-/m1/s1. The minimum atomic E-state index is -0.0990. The molecule has 0 N–H and O–H groups in total. The highest BCUT2D eigenvalue weighted by molar-refractivity contribution is 6.30. The summed E-state index contributed by atoms with van der Waals surface area (Å²) in [6.45, 7) is 3.54. The number of morpholine rings is 1. The number of hydrogen-bond donors (Lipinski definition) is 0. The molecule has 2 heterocycles. The van der Waals surface area contributed by atoms with Crippen molar-refractivity contribution in [2.75, 3.05) is 32.8 Å². The monoisotopic (exact) mass is 336 g/mol. The summed E-state index contributed by atoms with van der Waals surface area (Å²) >= 11 is 5.89. The number of rotatable bonds is 3. The second-order valence-electron chi connectivity index (χ2n) is 6.07. The summed E-state index contributed by atoms with van der Waals surface area (Å²) in [4.78, 5) is 28.4. The van der Waals surface area contributed by atoms with Crippen LogP contribution in [0.4, 0.5) is 0 Å². The van der Waals surface area contributed by atoms with Crippen molar-refractivity contribution in [2.45, 2.75) is 19.4 Å². The van der Waals surface area contributed by atoms with E-state index in [1.807, 2.05) is 29.2 Å². The van der Waals surface area contributed by atoms with E-state index >= 15 is 0 Å². The Labute approximate surface area is 141 Å². The molecule has 23 heavy (non-hydrogen) atoms. The average molecular weight is 337 g/mol. The second-order valence-corrected chi connectivity index (χ2v) is 6.51. The third-order valence-corrected chi connectivity index (χ3v) is 4.71. The molecule has 5 nitrogen and oxygen atoms in total. The van der Waals surface area contributed by atoms with Crippen LogP contribution in [0.3, 0.4) is 0 Å². The van der Waals surface area contributed by atoms with Crippen LogP contribution in [0.5, 0.6) is 0 Å². The Kier molecular flexibility index (Phi) is 5.18. The second kappa shape index (κ2) is 7.32. The molecule has 6 heteroatoms. The first-order valence-corrected chi connectivity index (χ1v) is 8.40. The maximum atomic E-state index is 12.6. The first-order valence-electron chi connectivity index (χ1n) is 8.02. The predicted octanol–water partition coefficient (Wildman–Crippen LogP) is 1.94. The summed E-state index contributed by atoms with van der Waals surface area (Å²) in [5.41, 5.74) is 1.03. The summed E-state index contributed by atoms with van der Waals surface area (Å²) < 4.78 is 5.29. The Bertz CT molecular complexity index is 570. The zero-order valence-corrected chi connectivity index (χ0v) is 13.8. The van der Waals surface area contributed by atoms with E-state index in [2.05, 4.69) is 0 Å². The van der Waals surface area contributed by atoms with Crippen molar-refractivity contribution in [3.05, 3.63) is 34.9 Å². The van der Waals surface area contributed by atoms with Crippen molar-refractivity contribution in [1.82, 2.24) is 9.80 Å². The molecular weight excluding hydrogens is 316 g/mol. The van der Waals surface area contributed by atoms with Gasteiger partial charge in [0.05, 0.1) is 19.1 Å². The lowest BCUT2D eigenvalue weighted by molar-refractivity contribution is -0.146. The van der Waals surface area contributed by atoms with Crippen molar-refractivity contribution in [2.24, 2.45) is 5.92 Å². The zero-order valence-electron chi connectivity index (χ0n) is 13.0. The van der Waals surface area contributed by atoms with Gasteiger partial charge < -0.3 is 14.5 Å². The van der Waals surface area contributed by atoms with E-state index in [-0.39, 0.29) is 17.7 Å². The largest absolute Gasteiger partial charge is 0.378 e. The van der Waals surface area contributed by atoms with Crippen LogP contribution in [0, 0.1) is 5.92 Å². The van der Waals surface area contributed by atoms with Crippen LogP contribution in [-0.4, -0.2) is 54.5 Å². The fourth-order valence-corrected chi connectivity index (χ4v) is 3.25. The van der Waals surface area contributed by atoms with Crippen LogP contribution in [0.2, 0.25) is 5.02 Å². The Morgan fingerprint density at radius 2 is 1.91 bits per heavy atom. The molecule has 0 aliphatic carbocycles. The number of benzene rings is 1. The number of nitrogens with zero attached hydrogens (tertiary/aromatic N) is 2. The van der Waals surface area contributed by atoms with E-state index in [0.717, 1.165) is 5.56 Å². The van der Waals surface area contributed by atoms with Gasteiger partial charge >= 0.3 is 0 Å². The van der Waals surface area contributed by atoms with Crippen LogP contribution in [0.25, 0.3) is 0 Å². The first kappa shape index (κ1) is 16.3. The number of hydrogen-bond acceptors (Lipinski definition) is 3. The molecule has 2 aliphatic heterocycles.